The number of hydrogen-bond donors (Lipinski definition) is 2. The molecule has 1 aliphatic rings. The van der Waals surface area contributed by atoms with Gasteiger partial charge in [-0.2, -0.15) is 0 Å². The van der Waals surface area contributed by atoms with E-state index in [9.17, 15) is 9.90 Å². The molecule has 94 valence electrons. The van der Waals surface area contributed by atoms with E-state index >= 15 is 0 Å². The van der Waals surface area contributed by atoms with E-state index < -0.39 is 6.10 Å². The van der Waals surface area contributed by atoms with Gasteiger partial charge in [-0.25, -0.2) is 0 Å². The Hall–Kier alpha value is -1.33. The number of carbonyl (C=O) groups excluding carboxylic acids is 1. The standard InChI is InChI=1S/C12H18N2O3/c1-14(9-4-5-9)8-12(16)13-7-10(15)11-3-2-6-17-11/h2-3,6,9-10,15H,4-5,7-8H2,1H3,(H,13,16). The molecule has 1 heterocycles. The molecule has 1 unspecified atom stereocenters. The van der Waals surface area contributed by atoms with Gasteiger partial charge in [0.15, 0.2) is 0 Å². The van der Waals surface area contributed by atoms with Crippen LogP contribution in [0.2, 0.25) is 0 Å². The summed E-state index contributed by atoms with van der Waals surface area (Å²) in [4.78, 5) is 13.6. The zero-order chi connectivity index (χ0) is 12.3. The number of aliphatic hydroxyl groups excluding tert-OH is 1. The predicted octanol–water partition coefficient (Wildman–Crippen LogP) is 0.523. The number of carbonyl (C=O) groups is 1. The molecular weight excluding hydrogens is 220 g/mol. The van der Waals surface area contributed by atoms with Gasteiger partial charge < -0.3 is 14.8 Å². The van der Waals surface area contributed by atoms with Gasteiger partial charge in [0.05, 0.1) is 19.4 Å². The van der Waals surface area contributed by atoms with E-state index in [0.717, 1.165) is 0 Å². The smallest absolute Gasteiger partial charge is 0.234 e. The summed E-state index contributed by atoms with van der Waals surface area (Å²) in [7, 11) is 1.94. The predicted molar refractivity (Wildman–Crippen MR) is 62.3 cm³/mol. The molecule has 1 saturated carbocycles. The van der Waals surface area contributed by atoms with Crippen LogP contribution in [0.25, 0.3) is 0 Å². The van der Waals surface area contributed by atoms with Crippen molar-refractivity contribution in [3.8, 4) is 0 Å². The molecule has 1 aromatic rings. The number of amides is 1. The average Bonchev–Trinajstić information content (AvgIpc) is 3.02. The van der Waals surface area contributed by atoms with Crippen LogP contribution in [0, 0.1) is 0 Å². The van der Waals surface area contributed by atoms with Crippen LogP contribution in [-0.2, 0) is 4.79 Å². The topological polar surface area (TPSA) is 65.7 Å². The Kier molecular flexibility index (Phi) is 3.81. The van der Waals surface area contributed by atoms with Crippen LogP contribution in [0.15, 0.2) is 22.8 Å². The molecule has 17 heavy (non-hydrogen) atoms. The van der Waals surface area contributed by atoms with Gasteiger partial charge >= 0.3 is 0 Å². The molecule has 1 aliphatic carbocycles. The van der Waals surface area contributed by atoms with Crippen molar-refractivity contribution < 1.29 is 14.3 Å². The first-order chi connectivity index (χ1) is 8.16. The second-order valence-corrected chi connectivity index (χ2v) is 4.48. The Labute approximate surface area is 100 Å². The molecule has 1 fully saturated rings. The Morgan fingerprint density at radius 3 is 3.06 bits per heavy atom. The second kappa shape index (κ2) is 5.33. The van der Waals surface area contributed by atoms with E-state index in [1.54, 1.807) is 12.1 Å². The highest BCUT2D eigenvalue weighted by Crippen LogP contribution is 2.24. The van der Waals surface area contributed by atoms with Crippen molar-refractivity contribution in [1.82, 2.24) is 10.2 Å². The molecule has 5 nitrogen and oxygen atoms in total. The van der Waals surface area contributed by atoms with Crippen LogP contribution in [0.5, 0.6) is 0 Å². The Bertz CT molecular complexity index is 360. The minimum Gasteiger partial charge on any atom is -0.467 e. The molecular formula is C12H18N2O3. The fourth-order valence-electron chi connectivity index (χ4n) is 1.72. The monoisotopic (exact) mass is 238 g/mol. The van der Waals surface area contributed by atoms with Gasteiger partial charge in [0.25, 0.3) is 0 Å². The summed E-state index contributed by atoms with van der Waals surface area (Å²) in [6.45, 7) is 0.570. The van der Waals surface area contributed by atoms with Crippen molar-refractivity contribution in [3.63, 3.8) is 0 Å². The van der Waals surface area contributed by atoms with E-state index in [2.05, 4.69) is 5.32 Å². The number of nitrogens with zero attached hydrogens (tertiary/aromatic N) is 1. The van der Waals surface area contributed by atoms with Crippen molar-refractivity contribution in [2.45, 2.75) is 25.0 Å². The summed E-state index contributed by atoms with van der Waals surface area (Å²) < 4.78 is 5.05. The van der Waals surface area contributed by atoms with E-state index in [-0.39, 0.29) is 12.5 Å². The quantitative estimate of drug-likeness (QED) is 0.758. The highest BCUT2D eigenvalue weighted by atomic mass is 16.4. The third kappa shape index (κ3) is 3.57. The number of aliphatic hydroxyl groups is 1. The van der Waals surface area contributed by atoms with E-state index in [1.807, 2.05) is 11.9 Å². The number of rotatable bonds is 6. The van der Waals surface area contributed by atoms with Crippen LogP contribution in [0.4, 0.5) is 0 Å². The minimum atomic E-state index is -0.778. The summed E-state index contributed by atoms with van der Waals surface area (Å²) >= 11 is 0. The third-order valence-electron chi connectivity index (χ3n) is 2.93. The van der Waals surface area contributed by atoms with Crippen molar-refractivity contribution in [2.24, 2.45) is 0 Å². The molecule has 1 atom stereocenters. The lowest BCUT2D eigenvalue weighted by molar-refractivity contribution is -0.122. The first-order valence-electron chi connectivity index (χ1n) is 5.85. The molecule has 2 N–H and O–H groups in total. The van der Waals surface area contributed by atoms with Gasteiger partial charge in [0.2, 0.25) is 5.91 Å². The molecule has 1 aromatic heterocycles. The molecule has 1 amide bonds. The summed E-state index contributed by atoms with van der Waals surface area (Å²) in [5, 5.41) is 12.4. The molecule has 0 radical (unpaired) electrons. The van der Waals surface area contributed by atoms with E-state index in [1.165, 1.54) is 19.1 Å². The molecule has 0 aromatic carbocycles. The molecule has 0 aliphatic heterocycles. The fourth-order valence-corrected chi connectivity index (χ4v) is 1.72. The minimum absolute atomic E-state index is 0.0648. The van der Waals surface area contributed by atoms with Gasteiger partial charge in [-0.1, -0.05) is 0 Å². The largest absolute Gasteiger partial charge is 0.467 e. The van der Waals surface area contributed by atoms with Crippen LogP contribution in [0.3, 0.4) is 0 Å². The molecule has 0 bridgehead atoms. The second-order valence-electron chi connectivity index (χ2n) is 4.48. The van der Waals surface area contributed by atoms with Crippen molar-refractivity contribution in [2.75, 3.05) is 20.1 Å². The lowest BCUT2D eigenvalue weighted by Gasteiger charge is -2.16. The highest BCUT2D eigenvalue weighted by molar-refractivity contribution is 5.78. The zero-order valence-corrected chi connectivity index (χ0v) is 9.93. The summed E-state index contributed by atoms with van der Waals surface area (Å²) in [5.74, 6) is 0.408. The van der Waals surface area contributed by atoms with Crippen molar-refractivity contribution in [1.29, 1.82) is 0 Å². The van der Waals surface area contributed by atoms with Gasteiger partial charge in [-0.3, -0.25) is 9.69 Å². The van der Waals surface area contributed by atoms with E-state index in [0.29, 0.717) is 18.3 Å². The fraction of sp³-hybridized carbons (Fsp3) is 0.583. The highest BCUT2D eigenvalue weighted by Gasteiger charge is 2.27. The summed E-state index contributed by atoms with van der Waals surface area (Å²) in [6, 6.07) is 3.96. The number of furan rings is 1. The number of likely N-dealkylation sites (N-methyl/N-ethyl adjacent to an activating group) is 1. The maximum atomic E-state index is 11.6. The lowest BCUT2D eigenvalue weighted by Crippen LogP contribution is -2.37. The lowest BCUT2D eigenvalue weighted by atomic mass is 10.3. The zero-order valence-electron chi connectivity index (χ0n) is 9.93. The molecule has 0 saturated heterocycles. The van der Waals surface area contributed by atoms with Crippen LogP contribution < -0.4 is 5.32 Å². The average molecular weight is 238 g/mol. The van der Waals surface area contributed by atoms with Crippen LogP contribution >= 0.6 is 0 Å². The van der Waals surface area contributed by atoms with Crippen LogP contribution in [0.1, 0.15) is 24.7 Å². The maximum Gasteiger partial charge on any atom is 0.234 e. The summed E-state index contributed by atoms with van der Waals surface area (Å²) in [6.07, 6.45) is 3.08. The Morgan fingerprint density at radius 1 is 1.71 bits per heavy atom. The molecule has 5 heteroatoms. The van der Waals surface area contributed by atoms with Gasteiger partial charge in [-0.15, -0.1) is 0 Å². The maximum absolute atomic E-state index is 11.6. The van der Waals surface area contributed by atoms with Crippen LogP contribution in [-0.4, -0.2) is 42.1 Å². The summed E-state index contributed by atoms with van der Waals surface area (Å²) in [5.41, 5.74) is 0. The Morgan fingerprint density at radius 2 is 2.47 bits per heavy atom. The van der Waals surface area contributed by atoms with E-state index in [4.69, 9.17) is 4.42 Å². The Balaban J connectivity index is 1.68. The normalized spacial score (nSPS) is 17.1. The first kappa shape index (κ1) is 12.1. The van der Waals surface area contributed by atoms with Gasteiger partial charge in [0, 0.05) is 6.04 Å². The first-order valence-corrected chi connectivity index (χ1v) is 5.85. The van der Waals surface area contributed by atoms with Gasteiger partial charge in [0.1, 0.15) is 11.9 Å². The number of hydrogen-bond acceptors (Lipinski definition) is 4. The molecule has 2 rings (SSSR count). The van der Waals surface area contributed by atoms with Gasteiger partial charge in [-0.05, 0) is 32.0 Å². The van der Waals surface area contributed by atoms with Crippen molar-refractivity contribution in [3.05, 3.63) is 24.2 Å². The van der Waals surface area contributed by atoms with Crippen molar-refractivity contribution >= 4 is 5.91 Å². The SMILES string of the molecule is CN(CC(=O)NCC(O)c1ccco1)C1CC1. The molecule has 0 spiro atoms. The number of nitrogens with one attached hydrogen (secondary N) is 1. The third-order valence-corrected chi connectivity index (χ3v) is 2.93.